The van der Waals surface area contributed by atoms with Crippen LogP contribution in [0.2, 0.25) is 5.02 Å². The summed E-state index contributed by atoms with van der Waals surface area (Å²) in [6, 6.07) is 9.97. The van der Waals surface area contributed by atoms with E-state index >= 15 is 0 Å². The lowest BCUT2D eigenvalue weighted by Gasteiger charge is -2.04. The van der Waals surface area contributed by atoms with Crippen LogP contribution in [0, 0.1) is 6.92 Å². The zero-order valence-corrected chi connectivity index (χ0v) is 13.4. The summed E-state index contributed by atoms with van der Waals surface area (Å²) in [5, 5.41) is 14.3. The lowest BCUT2D eigenvalue weighted by atomic mass is 10.1. The average molecular weight is 368 g/mol. The predicted molar refractivity (Wildman–Crippen MR) is 87.1 cm³/mol. The van der Waals surface area contributed by atoms with Crippen LogP contribution in [0.5, 0.6) is 5.75 Å². The Morgan fingerprint density at radius 3 is 2.67 bits per heavy atom. The maximum absolute atomic E-state index is 11.8. The van der Waals surface area contributed by atoms with Crippen LogP contribution in [0.1, 0.15) is 21.5 Å². The van der Waals surface area contributed by atoms with Gasteiger partial charge in [0.1, 0.15) is 5.75 Å². The Morgan fingerprint density at radius 1 is 1.33 bits per heavy atom. The first-order chi connectivity index (χ1) is 9.97. The fraction of sp³-hybridized carbons (Fsp3) is 0.0667. The van der Waals surface area contributed by atoms with Gasteiger partial charge < -0.3 is 5.11 Å². The third-order valence-corrected chi connectivity index (χ3v) is 3.48. The summed E-state index contributed by atoms with van der Waals surface area (Å²) in [6.45, 7) is 1.78. The second kappa shape index (κ2) is 6.74. The lowest BCUT2D eigenvalue weighted by Crippen LogP contribution is -2.17. The van der Waals surface area contributed by atoms with Gasteiger partial charge in [-0.1, -0.05) is 27.5 Å². The molecule has 2 aromatic rings. The highest BCUT2D eigenvalue weighted by Gasteiger charge is 2.05. The average Bonchev–Trinajstić information content (AvgIpc) is 2.44. The van der Waals surface area contributed by atoms with Gasteiger partial charge >= 0.3 is 0 Å². The molecule has 0 bridgehead atoms. The fourth-order valence-corrected chi connectivity index (χ4v) is 2.40. The Bertz CT molecular complexity index is 700. The number of carbonyl (C=O) groups is 1. The van der Waals surface area contributed by atoms with Crippen LogP contribution < -0.4 is 5.43 Å². The monoisotopic (exact) mass is 366 g/mol. The van der Waals surface area contributed by atoms with Crippen LogP contribution in [-0.2, 0) is 0 Å². The Kier molecular flexibility index (Phi) is 4.98. The summed E-state index contributed by atoms with van der Waals surface area (Å²) in [7, 11) is 0. The first kappa shape index (κ1) is 15.5. The molecule has 1 amide bonds. The van der Waals surface area contributed by atoms with E-state index in [1.165, 1.54) is 6.21 Å². The molecule has 2 N–H and O–H groups in total. The molecule has 4 nitrogen and oxygen atoms in total. The first-order valence-electron chi connectivity index (χ1n) is 6.05. The van der Waals surface area contributed by atoms with Gasteiger partial charge in [0.05, 0.1) is 6.21 Å². The fourth-order valence-electron chi connectivity index (χ4n) is 1.69. The van der Waals surface area contributed by atoms with E-state index in [2.05, 4.69) is 26.5 Å². The Morgan fingerprint density at radius 2 is 2.00 bits per heavy atom. The second-order valence-electron chi connectivity index (χ2n) is 4.37. The minimum absolute atomic E-state index is 0.127. The molecule has 0 radical (unpaired) electrons. The van der Waals surface area contributed by atoms with E-state index in [4.69, 9.17) is 11.6 Å². The zero-order chi connectivity index (χ0) is 15.4. The van der Waals surface area contributed by atoms with Gasteiger partial charge in [-0.15, -0.1) is 0 Å². The molecule has 2 aromatic carbocycles. The number of amides is 1. The van der Waals surface area contributed by atoms with Crippen molar-refractivity contribution in [3.05, 3.63) is 62.6 Å². The highest BCUT2D eigenvalue weighted by atomic mass is 79.9. The van der Waals surface area contributed by atoms with E-state index in [-0.39, 0.29) is 11.7 Å². The maximum Gasteiger partial charge on any atom is 0.271 e. The Hall–Kier alpha value is -1.85. The van der Waals surface area contributed by atoms with Gasteiger partial charge in [-0.05, 0) is 48.9 Å². The largest absolute Gasteiger partial charge is 0.507 e. The quantitative estimate of drug-likeness (QED) is 0.639. The van der Waals surface area contributed by atoms with Crippen molar-refractivity contribution in [2.24, 2.45) is 5.10 Å². The van der Waals surface area contributed by atoms with Crippen molar-refractivity contribution in [2.75, 3.05) is 0 Å². The van der Waals surface area contributed by atoms with E-state index in [1.807, 2.05) is 0 Å². The topological polar surface area (TPSA) is 61.7 Å². The minimum Gasteiger partial charge on any atom is -0.507 e. The van der Waals surface area contributed by atoms with Gasteiger partial charge in [0.25, 0.3) is 5.91 Å². The molecule has 2 rings (SSSR count). The number of nitrogens with zero attached hydrogens (tertiary/aromatic N) is 1. The number of hydrazone groups is 1. The third kappa shape index (κ3) is 4.06. The summed E-state index contributed by atoms with van der Waals surface area (Å²) in [6.07, 6.45) is 1.39. The number of nitrogens with one attached hydrogen (secondary N) is 1. The molecule has 0 aliphatic rings. The number of benzene rings is 2. The van der Waals surface area contributed by atoms with Crippen LogP contribution in [0.25, 0.3) is 0 Å². The smallest absolute Gasteiger partial charge is 0.271 e. The predicted octanol–water partition coefficient (Wildman–Crippen LogP) is 3.88. The molecule has 0 heterocycles. The molecule has 21 heavy (non-hydrogen) atoms. The first-order valence-corrected chi connectivity index (χ1v) is 7.22. The Balaban J connectivity index is 2.09. The summed E-state index contributed by atoms with van der Waals surface area (Å²) < 4.78 is 0.822. The van der Waals surface area contributed by atoms with Gasteiger partial charge in [-0.25, -0.2) is 5.43 Å². The number of aromatic hydroxyl groups is 1. The van der Waals surface area contributed by atoms with Gasteiger partial charge in [-0.3, -0.25) is 4.79 Å². The number of carbonyl (C=O) groups excluding carboxylic acids is 1. The molecule has 0 aliphatic carbocycles. The Labute approximate surface area is 135 Å². The molecule has 0 saturated carbocycles. The van der Waals surface area contributed by atoms with Gasteiger partial charge in [0.2, 0.25) is 0 Å². The van der Waals surface area contributed by atoms with Crippen LogP contribution in [0.15, 0.2) is 46.0 Å². The maximum atomic E-state index is 11.8. The summed E-state index contributed by atoms with van der Waals surface area (Å²) in [4.78, 5) is 11.8. The van der Waals surface area contributed by atoms with Gasteiger partial charge in [0.15, 0.2) is 0 Å². The van der Waals surface area contributed by atoms with E-state index in [0.29, 0.717) is 16.1 Å². The van der Waals surface area contributed by atoms with E-state index in [1.54, 1.807) is 43.3 Å². The molecule has 0 fully saturated rings. The van der Waals surface area contributed by atoms with E-state index in [0.717, 1.165) is 10.0 Å². The molecule has 108 valence electrons. The molecule has 0 atom stereocenters. The SMILES string of the molecule is Cc1cc(Br)cc(/C=N/NC(=O)c2ccc(Cl)cc2)c1O. The van der Waals surface area contributed by atoms with E-state index in [9.17, 15) is 9.90 Å². The van der Waals surface area contributed by atoms with Crippen molar-refractivity contribution in [3.63, 3.8) is 0 Å². The number of aryl methyl sites for hydroxylation is 1. The number of phenols is 1. The summed E-state index contributed by atoms with van der Waals surface area (Å²) in [5.41, 5.74) is 4.07. The standard InChI is InChI=1S/C15H12BrClN2O2/c1-9-6-12(16)7-11(14(9)20)8-18-19-15(21)10-2-4-13(17)5-3-10/h2-8,20H,1H3,(H,19,21)/b18-8+. The molecule has 0 saturated heterocycles. The number of halogens is 2. The van der Waals surface area contributed by atoms with Crippen molar-refractivity contribution in [1.82, 2.24) is 5.43 Å². The van der Waals surface area contributed by atoms with Crippen molar-refractivity contribution < 1.29 is 9.90 Å². The molecule has 0 aromatic heterocycles. The van der Waals surface area contributed by atoms with Crippen LogP contribution in [0.4, 0.5) is 0 Å². The number of hydrogen-bond acceptors (Lipinski definition) is 3. The second-order valence-corrected chi connectivity index (χ2v) is 5.72. The third-order valence-electron chi connectivity index (χ3n) is 2.77. The molecule has 0 aliphatic heterocycles. The molecular formula is C15H12BrClN2O2. The van der Waals surface area contributed by atoms with E-state index < -0.39 is 0 Å². The molecule has 0 spiro atoms. The number of rotatable bonds is 3. The highest BCUT2D eigenvalue weighted by Crippen LogP contribution is 2.25. The van der Waals surface area contributed by atoms with Crippen molar-refractivity contribution >= 4 is 39.7 Å². The highest BCUT2D eigenvalue weighted by molar-refractivity contribution is 9.10. The van der Waals surface area contributed by atoms with Crippen LogP contribution in [0.3, 0.4) is 0 Å². The molecular weight excluding hydrogens is 356 g/mol. The van der Waals surface area contributed by atoms with Crippen LogP contribution in [-0.4, -0.2) is 17.2 Å². The normalized spacial score (nSPS) is 10.8. The van der Waals surface area contributed by atoms with Gasteiger partial charge in [-0.2, -0.15) is 5.10 Å². The van der Waals surface area contributed by atoms with Crippen molar-refractivity contribution in [1.29, 1.82) is 0 Å². The summed E-state index contributed by atoms with van der Waals surface area (Å²) >= 11 is 9.09. The molecule has 0 unspecified atom stereocenters. The number of hydrogen-bond donors (Lipinski definition) is 2. The van der Waals surface area contributed by atoms with Crippen molar-refractivity contribution in [2.45, 2.75) is 6.92 Å². The lowest BCUT2D eigenvalue weighted by molar-refractivity contribution is 0.0955. The molecule has 6 heteroatoms. The van der Waals surface area contributed by atoms with Gasteiger partial charge in [0, 0.05) is 20.6 Å². The summed E-state index contributed by atoms with van der Waals surface area (Å²) in [5.74, 6) is -0.225. The van der Waals surface area contributed by atoms with Crippen LogP contribution >= 0.6 is 27.5 Å². The van der Waals surface area contributed by atoms with Crippen molar-refractivity contribution in [3.8, 4) is 5.75 Å². The minimum atomic E-state index is -0.353. The number of phenolic OH excluding ortho intramolecular Hbond substituents is 1. The zero-order valence-electron chi connectivity index (χ0n) is 11.1.